The molecule has 2 amide bonds. The number of aromatic nitrogens is 1. The third kappa shape index (κ3) is 2.76. The van der Waals surface area contributed by atoms with Crippen LogP contribution in [0, 0.1) is 18.7 Å². The number of primary amides is 1. The Bertz CT molecular complexity index is 1000. The van der Waals surface area contributed by atoms with E-state index in [1.807, 2.05) is 9.80 Å². The molecule has 8 heteroatoms. The molecule has 2 saturated heterocycles. The third-order valence-corrected chi connectivity index (χ3v) is 6.49. The fourth-order valence-corrected chi connectivity index (χ4v) is 4.88. The Morgan fingerprint density at radius 3 is 2.79 bits per heavy atom. The molecular weight excluding hydrogens is 383 g/mol. The number of rotatable bonds is 3. The summed E-state index contributed by atoms with van der Waals surface area (Å²) in [6.45, 7) is 7.20. The second-order valence-corrected chi connectivity index (χ2v) is 7.90. The number of H-pyrrole nitrogens is 1. The summed E-state index contributed by atoms with van der Waals surface area (Å²) in [5.41, 5.74) is 6.95. The Labute approximate surface area is 167 Å². The lowest BCUT2D eigenvalue weighted by Crippen LogP contribution is -2.50. The maximum Gasteiger partial charge on any atom is 0.250 e. The fourth-order valence-electron chi connectivity index (χ4n) is 4.65. The lowest BCUT2D eigenvalue weighted by Gasteiger charge is -2.39. The van der Waals surface area contributed by atoms with E-state index in [1.54, 1.807) is 6.92 Å². The van der Waals surface area contributed by atoms with Gasteiger partial charge in [-0.05, 0) is 37.8 Å². The van der Waals surface area contributed by atoms with E-state index in [0.29, 0.717) is 52.9 Å². The van der Waals surface area contributed by atoms with Gasteiger partial charge in [-0.15, -0.1) is 0 Å². The Kier molecular flexibility index (Phi) is 4.57. The number of hydrogen-bond donors (Lipinski definition) is 2. The van der Waals surface area contributed by atoms with Gasteiger partial charge in [-0.25, -0.2) is 4.39 Å². The van der Waals surface area contributed by atoms with Crippen LogP contribution in [0.25, 0.3) is 10.9 Å². The highest BCUT2D eigenvalue weighted by atomic mass is 35.5. The van der Waals surface area contributed by atoms with Gasteiger partial charge in [0.15, 0.2) is 0 Å². The van der Waals surface area contributed by atoms with Gasteiger partial charge in [-0.3, -0.25) is 9.59 Å². The molecule has 2 aliphatic rings. The van der Waals surface area contributed by atoms with Crippen molar-refractivity contribution >= 4 is 40.0 Å². The van der Waals surface area contributed by atoms with Gasteiger partial charge in [-0.1, -0.05) is 18.2 Å². The highest BCUT2D eigenvalue weighted by molar-refractivity contribution is 6.38. The Morgan fingerprint density at radius 2 is 2.11 bits per heavy atom. The van der Waals surface area contributed by atoms with Crippen LogP contribution in [0.15, 0.2) is 18.7 Å². The molecule has 0 bridgehead atoms. The first-order chi connectivity index (χ1) is 13.3. The number of anilines is 1. The van der Waals surface area contributed by atoms with E-state index in [1.165, 1.54) is 12.1 Å². The number of nitrogens with zero attached hydrogens (tertiary/aromatic N) is 2. The first-order valence-corrected chi connectivity index (χ1v) is 9.69. The molecule has 148 valence electrons. The van der Waals surface area contributed by atoms with Crippen LogP contribution in [0.2, 0.25) is 5.02 Å². The molecule has 0 saturated carbocycles. The van der Waals surface area contributed by atoms with Crippen molar-refractivity contribution in [3.63, 3.8) is 0 Å². The summed E-state index contributed by atoms with van der Waals surface area (Å²) >= 11 is 6.47. The van der Waals surface area contributed by atoms with Gasteiger partial charge in [-0.2, -0.15) is 0 Å². The summed E-state index contributed by atoms with van der Waals surface area (Å²) in [5.74, 6) is -0.961. The number of aryl methyl sites for hydroxylation is 1. The van der Waals surface area contributed by atoms with Crippen molar-refractivity contribution in [3.8, 4) is 0 Å². The summed E-state index contributed by atoms with van der Waals surface area (Å²) in [4.78, 5) is 30.8. The van der Waals surface area contributed by atoms with E-state index in [2.05, 4.69) is 11.6 Å². The molecule has 0 spiro atoms. The van der Waals surface area contributed by atoms with E-state index < -0.39 is 11.7 Å². The molecule has 0 aliphatic carbocycles. The number of fused-ring (bicyclic) bond motifs is 2. The number of aromatic amines is 1. The molecule has 4 rings (SSSR count). The Morgan fingerprint density at radius 1 is 1.39 bits per heavy atom. The van der Waals surface area contributed by atoms with E-state index in [0.717, 1.165) is 12.8 Å². The summed E-state index contributed by atoms with van der Waals surface area (Å²) in [6, 6.07) is 1.17. The molecule has 2 aliphatic heterocycles. The van der Waals surface area contributed by atoms with Crippen molar-refractivity contribution in [2.75, 3.05) is 24.5 Å². The molecule has 6 nitrogen and oxygen atoms in total. The Hall–Kier alpha value is -2.54. The van der Waals surface area contributed by atoms with Crippen molar-refractivity contribution in [1.29, 1.82) is 0 Å². The van der Waals surface area contributed by atoms with Crippen LogP contribution < -0.4 is 10.6 Å². The highest BCUT2D eigenvalue weighted by Crippen LogP contribution is 2.42. The monoisotopic (exact) mass is 404 g/mol. The van der Waals surface area contributed by atoms with Gasteiger partial charge in [0.1, 0.15) is 5.82 Å². The summed E-state index contributed by atoms with van der Waals surface area (Å²) in [7, 11) is 0. The molecule has 3 heterocycles. The van der Waals surface area contributed by atoms with Gasteiger partial charge in [0.2, 0.25) is 5.91 Å². The quantitative estimate of drug-likeness (QED) is 0.771. The number of piperidine rings is 1. The van der Waals surface area contributed by atoms with Crippen LogP contribution in [-0.2, 0) is 4.79 Å². The number of halogens is 2. The van der Waals surface area contributed by atoms with Crippen LogP contribution in [0.4, 0.5) is 10.1 Å². The fraction of sp³-hybridized carbons (Fsp3) is 0.400. The second kappa shape index (κ2) is 6.81. The number of carbonyl (C=O) groups is 2. The van der Waals surface area contributed by atoms with Crippen LogP contribution in [0.1, 0.15) is 28.9 Å². The van der Waals surface area contributed by atoms with Crippen molar-refractivity contribution < 1.29 is 14.0 Å². The number of nitrogens with one attached hydrogen (secondary N) is 1. The predicted octanol–water partition coefficient (Wildman–Crippen LogP) is 2.98. The molecular formula is C20H22ClFN4O2. The number of nitrogens with two attached hydrogens (primary N) is 1. The van der Waals surface area contributed by atoms with Crippen molar-refractivity contribution in [1.82, 2.24) is 9.88 Å². The van der Waals surface area contributed by atoms with E-state index in [-0.39, 0.29) is 17.5 Å². The van der Waals surface area contributed by atoms with Crippen molar-refractivity contribution in [2.45, 2.75) is 25.8 Å². The molecule has 0 unspecified atom stereocenters. The number of hydrogen-bond acceptors (Lipinski definition) is 3. The number of amides is 2. The van der Waals surface area contributed by atoms with E-state index >= 15 is 4.39 Å². The average Bonchev–Trinajstić information content (AvgIpc) is 3.22. The summed E-state index contributed by atoms with van der Waals surface area (Å²) < 4.78 is 15.2. The molecule has 1 aromatic heterocycles. The van der Waals surface area contributed by atoms with E-state index in [9.17, 15) is 9.59 Å². The summed E-state index contributed by atoms with van der Waals surface area (Å²) in [5, 5.41) is 0.839. The molecule has 1 aromatic carbocycles. The van der Waals surface area contributed by atoms with Crippen LogP contribution >= 0.6 is 11.6 Å². The van der Waals surface area contributed by atoms with Gasteiger partial charge in [0.25, 0.3) is 5.91 Å². The van der Waals surface area contributed by atoms with Gasteiger partial charge in [0.05, 0.1) is 27.8 Å². The first kappa shape index (κ1) is 18.8. The average molecular weight is 405 g/mol. The standard InChI is InChI=1S/C20H22ClFN4O2/c1-3-15(27)26-7-5-11-4-6-25(9-14(11)26)19-13(22)8-12(20(23)28)18-16(19)17(21)10(2)24-18/h3,8,11,14,24H,1,4-7,9H2,2H3,(H2,23,28)/t11-,14-/m0/s1. The number of likely N-dealkylation sites (tertiary alicyclic amines) is 1. The van der Waals surface area contributed by atoms with Crippen LogP contribution in [0.5, 0.6) is 0 Å². The third-order valence-electron chi connectivity index (χ3n) is 6.02. The smallest absolute Gasteiger partial charge is 0.250 e. The zero-order valence-electron chi connectivity index (χ0n) is 15.6. The molecule has 28 heavy (non-hydrogen) atoms. The minimum atomic E-state index is -0.717. The lowest BCUT2D eigenvalue weighted by molar-refractivity contribution is -0.127. The van der Waals surface area contributed by atoms with Crippen LogP contribution in [-0.4, -0.2) is 47.4 Å². The predicted molar refractivity (Wildman–Crippen MR) is 107 cm³/mol. The molecule has 2 atom stereocenters. The normalized spacial score (nSPS) is 21.8. The zero-order chi connectivity index (χ0) is 20.2. The Balaban J connectivity index is 1.80. The maximum absolute atomic E-state index is 15.2. The highest BCUT2D eigenvalue weighted by Gasteiger charge is 2.41. The van der Waals surface area contributed by atoms with Gasteiger partial charge >= 0.3 is 0 Å². The largest absolute Gasteiger partial charge is 0.366 e. The molecule has 2 aromatic rings. The lowest BCUT2D eigenvalue weighted by atomic mass is 9.91. The molecule has 3 N–H and O–H groups in total. The molecule has 0 radical (unpaired) electrons. The van der Waals surface area contributed by atoms with Gasteiger partial charge < -0.3 is 20.5 Å². The number of benzene rings is 1. The maximum atomic E-state index is 15.2. The second-order valence-electron chi connectivity index (χ2n) is 7.52. The van der Waals surface area contributed by atoms with Crippen LogP contribution in [0.3, 0.4) is 0 Å². The zero-order valence-corrected chi connectivity index (χ0v) is 16.4. The number of carbonyl (C=O) groups excluding carboxylic acids is 2. The minimum Gasteiger partial charge on any atom is -0.366 e. The minimum absolute atomic E-state index is 0.00308. The topological polar surface area (TPSA) is 82.4 Å². The SMILES string of the molecule is C=CC(=O)N1CC[C@@H]2CCN(c3c(F)cc(C(N)=O)c4[nH]c(C)c(Cl)c34)C[C@@H]21. The first-order valence-electron chi connectivity index (χ1n) is 9.31. The molecule has 2 fully saturated rings. The van der Waals surface area contributed by atoms with Crippen molar-refractivity contribution in [2.24, 2.45) is 11.7 Å². The van der Waals surface area contributed by atoms with Gasteiger partial charge in [0, 0.05) is 30.7 Å². The summed E-state index contributed by atoms with van der Waals surface area (Å²) in [6.07, 6.45) is 3.12. The van der Waals surface area contributed by atoms with Crippen molar-refractivity contribution in [3.05, 3.63) is 40.8 Å². The van der Waals surface area contributed by atoms with E-state index in [4.69, 9.17) is 17.3 Å².